The summed E-state index contributed by atoms with van der Waals surface area (Å²) in [5, 5.41) is 16.3. The predicted molar refractivity (Wildman–Crippen MR) is 75.5 cm³/mol. The standard InChI is InChI=1S/C12H12N4O3S/c1-7-15-8(6-20-7)5-14-12(17)9-3-2-4-10(13)11(9)16(18)19/h2-4,6H,5,13H2,1H3,(H,14,17). The third kappa shape index (κ3) is 2.91. The van der Waals surface area contributed by atoms with Crippen molar-refractivity contribution in [1.29, 1.82) is 0 Å². The summed E-state index contributed by atoms with van der Waals surface area (Å²) in [6.45, 7) is 2.08. The molecule has 0 fully saturated rings. The fraction of sp³-hybridized carbons (Fsp3) is 0.167. The molecule has 3 N–H and O–H groups in total. The Morgan fingerprint density at radius 1 is 1.55 bits per heavy atom. The maximum Gasteiger partial charge on any atom is 0.304 e. The molecule has 0 unspecified atom stereocenters. The number of carbonyl (C=O) groups is 1. The van der Waals surface area contributed by atoms with Crippen LogP contribution in [-0.4, -0.2) is 15.8 Å². The van der Waals surface area contributed by atoms with Gasteiger partial charge in [0.25, 0.3) is 5.91 Å². The number of thiazole rings is 1. The SMILES string of the molecule is Cc1nc(CNC(=O)c2cccc(N)c2[N+](=O)[O-])cs1. The van der Waals surface area contributed by atoms with Crippen LogP contribution in [0, 0.1) is 17.0 Å². The van der Waals surface area contributed by atoms with Crippen molar-refractivity contribution >= 4 is 28.6 Å². The number of anilines is 1. The van der Waals surface area contributed by atoms with E-state index in [9.17, 15) is 14.9 Å². The van der Waals surface area contributed by atoms with Crippen LogP contribution in [0.5, 0.6) is 0 Å². The minimum Gasteiger partial charge on any atom is -0.393 e. The molecule has 0 aliphatic heterocycles. The summed E-state index contributed by atoms with van der Waals surface area (Å²) < 4.78 is 0. The average molecular weight is 292 g/mol. The van der Waals surface area contributed by atoms with Gasteiger partial charge in [-0.3, -0.25) is 14.9 Å². The van der Waals surface area contributed by atoms with E-state index in [1.807, 2.05) is 12.3 Å². The minimum atomic E-state index is -0.656. The Kier molecular flexibility index (Phi) is 3.94. The average Bonchev–Trinajstić information content (AvgIpc) is 2.81. The number of nitro groups is 1. The van der Waals surface area contributed by atoms with E-state index in [4.69, 9.17) is 5.73 Å². The molecule has 0 bridgehead atoms. The van der Waals surface area contributed by atoms with Gasteiger partial charge < -0.3 is 11.1 Å². The van der Waals surface area contributed by atoms with Crippen molar-refractivity contribution in [3.63, 3.8) is 0 Å². The molecular weight excluding hydrogens is 280 g/mol. The smallest absolute Gasteiger partial charge is 0.304 e. The van der Waals surface area contributed by atoms with Gasteiger partial charge in [0.05, 0.1) is 22.2 Å². The number of nitro benzene ring substituents is 1. The van der Waals surface area contributed by atoms with Crippen molar-refractivity contribution < 1.29 is 9.72 Å². The second kappa shape index (κ2) is 5.66. The van der Waals surface area contributed by atoms with E-state index in [0.717, 1.165) is 5.01 Å². The van der Waals surface area contributed by atoms with Gasteiger partial charge in [-0.1, -0.05) is 6.07 Å². The Balaban J connectivity index is 2.17. The molecule has 2 rings (SSSR count). The van der Waals surface area contributed by atoms with Crippen LogP contribution in [0.2, 0.25) is 0 Å². The molecule has 2 aromatic rings. The summed E-state index contributed by atoms with van der Waals surface area (Å²) in [4.78, 5) is 26.5. The number of aryl methyl sites for hydroxylation is 1. The van der Waals surface area contributed by atoms with E-state index in [1.165, 1.54) is 29.5 Å². The normalized spacial score (nSPS) is 10.2. The number of rotatable bonds is 4. The Hall–Kier alpha value is -2.48. The number of nitrogens with one attached hydrogen (secondary N) is 1. The van der Waals surface area contributed by atoms with E-state index < -0.39 is 10.8 Å². The molecule has 1 aromatic heterocycles. The zero-order valence-corrected chi connectivity index (χ0v) is 11.4. The lowest BCUT2D eigenvalue weighted by Gasteiger charge is -2.05. The minimum absolute atomic E-state index is 0.0350. The molecule has 0 radical (unpaired) electrons. The van der Waals surface area contributed by atoms with E-state index in [1.54, 1.807) is 0 Å². The Morgan fingerprint density at radius 3 is 2.90 bits per heavy atom. The molecule has 1 heterocycles. The van der Waals surface area contributed by atoms with Gasteiger partial charge in [0.1, 0.15) is 11.3 Å². The van der Waals surface area contributed by atoms with Crippen LogP contribution in [0.15, 0.2) is 23.6 Å². The van der Waals surface area contributed by atoms with Gasteiger partial charge in [-0.05, 0) is 19.1 Å². The lowest BCUT2D eigenvalue weighted by molar-refractivity contribution is -0.384. The van der Waals surface area contributed by atoms with E-state index >= 15 is 0 Å². The van der Waals surface area contributed by atoms with Gasteiger partial charge in [0, 0.05) is 5.38 Å². The monoisotopic (exact) mass is 292 g/mol. The Bertz CT molecular complexity index is 668. The highest BCUT2D eigenvalue weighted by molar-refractivity contribution is 7.09. The van der Waals surface area contributed by atoms with Crippen molar-refractivity contribution in [2.75, 3.05) is 5.73 Å². The van der Waals surface area contributed by atoms with Crippen molar-refractivity contribution in [2.45, 2.75) is 13.5 Å². The van der Waals surface area contributed by atoms with Crippen molar-refractivity contribution in [2.24, 2.45) is 0 Å². The highest BCUT2D eigenvalue weighted by Crippen LogP contribution is 2.25. The molecule has 104 valence electrons. The van der Waals surface area contributed by atoms with Gasteiger partial charge in [-0.25, -0.2) is 4.98 Å². The summed E-state index contributed by atoms with van der Waals surface area (Å²) in [6.07, 6.45) is 0. The number of hydrogen-bond acceptors (Lipinski definition) is 6. The molecule has 0 saturated heterocycles. The van der Waals surface area contributed by atoms with Crippen molar-refractivity contribution in [1.82, 2.24) is 10.3 Å². The number of nitrogens with zero attached hydrogens (tertiary/aromatic N) is 2. The highest BCUT2D eigenvalue weighted by atomic mass is 32.1. The third-order valence-corrected chi connectivity index (χ3v) is 3.41. The first kappa shape index (κ1) is 13.9. The van der Waals surface area contributed by atoms with Gasteiger partial charge in [0.15, 0.2) is 0 Å². The topological polar surface area (TPSA) is 111 Å². The molecule has 1 aromatic carbocycles. The van der Waals surface area contributed by atoms with Crippen LogP contribution in [-0.2, 0) is 6.54 Å². The predicted octanol–water partition coefficient (Wildman–Crippen LogP) is 1.87. The summed E-state index contributed by atoms with van der Waals surface area (Å²) in [6, 6.07) is 4.26. The number of para-hydroxylation sites is 1. The number of carbonyl (C=O) groups excluding carboxylic acids is 1. The van der Waals surface area contributed by atoms with Crippen LogP contribution in [0.1, 0.15) is 21.1 Å². The zero-order valence-electron chi connectivity index (χ0n) is 10.6. The van der Waals surface area contributed by atoms with E-state index in [0.29, 0.717) is 5.69 Å². The molecule has 0 aliphatic rings. The first-order valence-corrected chi connectivity index (χ1v) is 6.59. The molecule has 0 spiro atoms. The molecule has 0 aliphatic carbocycles. The van der Waals surface area contributed by atoms with Crippen LogP contribution in [0.4, 0.5) is 11.4 Å². The lowest BCUT2D eigenvalue weighted by atomic mass is 10.1. The van der Waals surface area contributed by atoms with Crippen LogP contribution < -0.4 is 11.1 Å². The summed E-state index contributed by atoms with van der Waals surface area (Å²) in [7, 11) is 0. The first-order chi connectivity index (χ1) is 9.49. The Labute approximate surface area is 118 Å². The fourth-order valence-corrected chi connectivity index (χ4v) is 2.32. The maximum atomic E-state index is 12.0. The summed E-state index contributed by atoms with van der Waals surface area (Å²) in [5.74, 6) is -0.547. The molecule has 8 heteroatoms. The molecule has 20 heavy (non-hydrogen) atoms. The number of amides is 1. The van der Waals surface area contributed by atoms with Gasteiger partial charge in [-0.15, -0.1) is 11.3 Å². The van der Waals surface area contributed by atoms with Gasteiger partial charge >= 0.3 is 5.69 Å². The Morgan fingerprint density at radius 2 is 2.30 bits per heavy atom. The van der Waals surface area contributed by atoms with E-state index in [-0.39, 0.29) is 23.5 Å². The summed E-state index contributed by atoms with van der Waals surface area (Å²) >= 11 is 1.47. The lowest BCUT2D eigenvalue weighted by Crippen LogP contribution is -2.24. The number of aromatic nitrogens is 1. The number of nitrogen functional groups attached to an aromatic ring is 1. The molecule has 1 amide bonds. The highest BCUT2D eigenvalue weighted by Gasteiger charge is 2.22. The maximum absolute atomic E-state index is 12.0. The van der Waals surface area contributed by atoms with Crippen LogP contribution in [0.25, 0.3) is 0 Å². The zero-order chi connectivity index (χ0) is 14.7. The van der Waals surface area contributed by atoms with Crippen LogP contribution in [0.3, 0.4) is 0 Å². The number of nitrogens with two attached hydrogens (primary N) is 1. The van der Waals surface area contributed by atoms with Crippen molar-refractivity contribution in [3.05, 3.63) is 50.0 Å². The first-order valence-electron chi connectivity index (χ1n) is 5.71. The molecule has 7 nitrogen and oxygen atoms in total. The van der Waals surface area contributed by atoms with Gasteiger partial charge in [0.2, 0.25) is 0 Å². The fourth-order valence-electron chi connectivity index (χ4n) is 1.70. The van der Waals surface area contributed by atoms with Crippen LogP contribution >= 0.6 is 11.3 Å². The third-order valence-electron chi connectivity index (χ3n) is 2.59. The number of hydrogen-bond donors (Lipinski definition) is 2. The molecular formula is C12H12N4O3S. The summed E-state index contributed by atoms with van der Waals surface area (Å²) in [5.41, 5.74) is 5.79. The quantitative estimate of drug-likeness (QED) is 0.507. The largest absolute Gasteiger partial charge is 0.393 e. The molecule has 0 saturated carbocycles. The van der Waals surface area contributed by atoms with E-state index in [2.05, 4.69) is 10.3 Å². The molecule has 0 atom stereocenters. The second-order valence-corrected chi connectivity index (χ2v) is 5.10. The number of benzene rings is 1. The second-order valence-electron chi connectivity index (χ2n) is 4.04. The van der Waals surface area contributed by atoms with Crippen molar-refractivity contribution in [3.8, 4) is 0 Å². The van der Waals surface area contributed by atoms with Gasteiger partial charge in [-0.2, -0.15) is 0 Å².